The van der Waals surface area contributed by atoms with Crippen LogP contribution in [0.15, 0.2) is 12.4 Å². The van der Waals surface area contributed by atoms with Crippen molar-refractivity contribution in [3.05, 3.63) is 23.8 Å². The van der Waals surface area contributed by atoms with E-state index in [2.05, 4.69) is 47.7 Å². The molecule has 0 aliphatic heterocycles. The summed E-state index contributed by atoms with van der Waals surface area (Å²) in [6.45, 7) is 2.97. The van der Waals surface area contributed by atoms with Crippen molar-refractivity contribution in [2.45, 2.75) is 51.5 Å². The first-order chi connectivity index (χ1) is 11.1. The van der Waals surface area contributed by atoms with Crippen LogP contribution in [0.2, 0.25) is 0 Å². The van der Waals surface area contributed by atoms with Crippen LogP contribution < -0.4 is 5.73 Å². The van der Waals surface area contributed by atoms with E-state index in [9.17, 15) is 0 Å². The van der Waals surface area contributed by atoms with Gasteiger partial charge < -0.3 is 5.73 Å². The highest BCUT2D eigenvalue weighted by Gasteiger charge is 2.23. The zero-order chi connectivity index (χ0) is 16.7. The highest BCUT2D eigenvalue weighted by molar-refractivity contribution is 5.08. The van der Waals surface area contributed by atoms with E-state index in [1.165, 1.54) is 25.7 Å². The van der Waals surface area contributed by atoms with Gasteiger partial charge in [-0.2, -0.15) is 0 Å². The summed E-state index contributed by atoms with van der Waals surface area (Å²) < 4.78 is 0. The van der Waals surface area contributed by atoms with Crippen LogP contribution in [0.4, 0.5) is 0 Å². The third kappa shape index (κ3) is 5.93. The zero-order valence-electron chi connectivity index (χ0n) is 14.8. The molecule has 1 atom stereocenters. The molecule has 4 heteroatoms. The summed E-state index contributed by atoms with van der Waals surface area (Å²) in [4.78, 5) is 11.0. The van der Waals surface area contributed by atoms with Crippen molar-refractivity contribution in [2.75, 3.05) is 20.6 Å². The van der Waals surface area contributed by atoms with Crippen LogP contribution in [-0.4, -0.2) is 35.5 Å². The number of nitrogens with two attached hydrogens (primary N) is 1. The second-order valence-electron chi connectivity index (χ2n) is 6.92. The van der Waals surface area contributed by atoms with Gasteiger partial charge in [0, 0.05) is 18.3 Å². The summed E-state index contributed by atoms with van der Waals surface area (Å²) in [5, 5.41) is 0. The van der Waals surface area contributed by atoms with Crippen LogP contribution in [-0.2, 0) is 6.42 Å². The number of hydrogen-bond acceptors (Lipinski definition) is 4. The van der Waals surface area contributed by atoms with Gasteiger partial charge in [-0.3, -0.25) is 4.90 Å². The Morgan fingerprint density at radius 3 is 2.43 bits per heavy atom. The molecule has 0 aromatic carbocycles. The Bertz CT molecular complexity index is 519. The topological polar surface area (TPSA) is 55.0 Å². The van der Waals surface area contributed by atoms with Crippen molar-refractivity contribution in [3.63, 3.8) is 0 Å². The number of nitrogens with zero attached hydrogens (tertiary/aromatic N) is 3. The fraction of sp³-hybridized carbons (Fsp3) is 0.684. The summed E-state index contributed by atoms with van der Waals surface area (Å²) in [6, 6.07) is -0.0396. The lowest BCUT2D eigenvalue weighted by atomic mass is 9.79. The molecule has 4 nitrogen and oxygen atoms in total. The lowest BCUT2D eigenvalue weighted by Gasteiger charge is -2.27. The summed E-state index contributed by atoms with van der Waals surface area (Å²) in [5.41, 5.74) is 7.47. The first-order valence-corrected chi connectivity index (χ1v) is 8.78. The van der Waals surface area contributed by atoms with Gasteiger partial charge in [0.05, 0.1) is 12.6 Å². The minimum Gasteiger partial charge on any atom is -0.321 e. The Hall–Kier alpha value is -1.44. The molecule has 126 valence electrons. The van der Waals surface area contributed by atoms with Crippen LogP contribution in [0.3, 0.4) is 0 Å². The minimum atomic E-state index is -0.0396. The monoisotopic (exact) mass is 314 g/mol. The van der Waals surface area contributed by atoms with Crippen LogP contribution in [0.25, 0.3) is 0 Å². The fourth-order valence-electron chi connectivity index (χ4n) is 3.09. The lowest BCUT2D eigenvalue weighted by molar-refractivity contribution is 0.284. The second kappa shape index (κ2) is 9.00. The Kier molecular flexibility index (Phi) is 7.01. The molecule has 1 aromatic heterocycles. The molecule has 1 unspecified atom stereocenters. The fourth-order valence-corrected chi connectivity index (χ4v) is 3.09. The molecule has 0 spiro atoms. The number of aryl methyl sites for hydroxylation is 1. The maximum Gasteiger partial charge on any atom is 0.144 e. The third-order valence-electron chi connectivity index (χ3n) is 4.60. The quantitative estimate of drug-likeness (QED) is 0.849. The van der Waals surface area contributed by atoms with E-state index in [1.807, 2.05) is 12.4 Å². The average molecular weight is 314 g/mol. The molecule has 2 N–H and O–H groups in total. The maximum atomic E-state index is 6.31. The van der Waals surface area contributed by atoms with E-state index in [0.717, 1.165) is 30.8 Å². The Morgan fingerprint density at radius 1 is 1.22 bits per heavy atom. The minimum absolute atomic E-state index is 0.0396. The second-order valence-corrected chi connectivity index (χ2v) is 6.92. The van der Waals surface area contributed by atoms with Gasteiger partial charge >= 0.3 is 0 Å². The molecule has 0 bridgehead atoms. The zero-order valence-corrected chi connectivity index (χ0v) is 14.8. The number of aromatic nitrogens is 2. The van der Waals surface area contributed by atoms with Crippen molar-refractivity contribution in [2.24, 2.45) is 17.6 Å². The van der Waals surface area contributed by atoms with Gasteiger partial charge in [-0.15, -0.1) is 0 Å². The highest BCUT2D eigenvalue weighted by atomic mass is 15.0. The Labute approximate surface area is 140 Å². The molecule has 2 rings (SSSR count). The lowest BCUT2D eigenvalue weighted by Crippen LogP contribution is -2.21. The predicted octanol–water partition coefficient (Wildman–Crippen LogP) is 2.80. The van der Waals surface area contributed by atoms with Crippen LogP contribution in [0, 0.1) is 23.7 Å². The van der Waals surface area contributed by atoms with Crippen molar-refractivity contribution < 1.29 is 0 Å². The Morgan fingerprint density at radius 2 is 1.87 bits per heavy atom. The van der Waals surface area contributed by atoms with Gasteiger partial charge in [0.15, 0.2) is 0 Å². The average Bonchev–Trinajstić information content (AvgIpc) is 2.56. The number of rotatable bonds is 5. The van der Waals surface area contributed by atoms with Gasteiger partial charge in [0.25, 0.3) is 0 Å². The molecule has 0 amide bonds. The molecule has 0 radical (unpaired) electrons. The summed E-state index contributed by atoms with van der Waals surface area (Å²) >= 11 is 0. The summed E-state index contributed by atoms with van der Waals surface area (Å²) in [6.07, 6.45) is 10.6. The van der Waals surface area contributed by atoms with Gasteiger partial charge in [-0.1, -0.05) is 18.8 Å². The smallest absolute Gasteiger partial charge is 0.144 e. The maximum absolute atomic E-state index is 6.31. The van der Waals surface area contributed by atoms with Crippen molar-refractivity contribution in [1.82, 2.24) is 14.9 Å². The highest BCUT2D eigenvalue weighted by Crippen LogP contribution is 2.33. The van der Waals surface area contributed by atoms with Gasteiger partial charge in [-0.05, 0) is 64.1 Å². The molecule has 1 fully saturated rings. The molecule has 1 aliphatic carbocycles. The van der Waals surface area contributed by atoms with E-state index >= 15 is 0 Å². The summed E-state index contributed by atoms with van der Waals surface area (Å²) in [5.74, 6) is 8.75. The standard InChI is InChI=1S/C19H30N4/c1-4-15-13-21-19(22-14-15)18(20)12-17-9-7-16(8-10-17)6-5-11-23(2)3/h13-14,16-18H,4,7-12,20H2,1-3H3. The SMILES string of the molecule is CCc1cnc(C(N)CC2CCC(C#CCN(C)C)CC2)nc1. The molecule has 1 heterocycles. The van der Waals surface area contributed by atoms with Crippen molar-refractivity contribution in [3.8, 4) is 11.8 Å². The van der Waals surface area contributed by atoms with Crippen LogP contribution in [0.5, 0.6) is 0 Å². The van der Waals surface area contributed by atoms with E-state index in [-0.39, 0.29) is 6.04 Å². The van der Waals surface area contributed by atoms with Gasteiger partial charge in [-0.25, -0.2) is 9.97 Å². The van der Waals surface area contributed by atoms with Gasteiger partial charge in [0.1, 0.15) is 5.82 Å². The molecular weight excluding hydrogens is 284 g/mol. The van der Waals surface area contributed by atoms with Crippen molar-refractivity contribution >= 4 is 0 Å². The first kappa shape index (κ1) is 17.9. The van der Waals surface area contributed by atoms with E-state index in [4.69, 9.17) is 5.73 Å². The molecule has 0 saturated heterocycles. The largest absolute Gasteiger partial charge is 0.321 e. The molecular formula is C19H30N4. The van der Waals surface area contributed by atoms with Gasteiger partial charge in [0.2, 0.25) is 0 Å². The summed E-state index contributed by atoms with van der Waals surface area (Å²) in [7, 11) is 4.12. The molecule has 1 aromatic rings. The molecule has 1 aliphatic rings. The van der Waals surface area contributed by atoms with Crippen LogP contribution >= 0.6 is 0 Å². The molecule has 1 saturated carbocycles. The molecule has 23 heavy (non-hydrogen) atoms. The van der Waals surface area contributed by atoms with E-state index < -0.39 is 0 Å². The van der Waals surface area contributed by atoms with E-state index in [1.54, 1.807) is 0 Å². The third-order valence-corrected chi connectivity index (χ3v) is 4.60. The van der Waals surface area contributed by atoms with E-state index in [0.29, 0.717) is 11.8 Å². The van der Waals surface area contributed by atoms with Crippen LogP contribution in [0.1, 0.15) is 56.5 Å². The Balaban J connectivity index is 1.77. The van der Waals surface area contributed by atoms with Crippen molar-refractivity contribution in [1.29, 1.82) is 0 Å². The number of hydrogen-bond donors (Lipinski definition) is 1. The normalized spacial score (nSPS) is 22.5. The predicted molar refractivity (Wildman–Crippen MR) is 94.7 cm³/mol. The first-order valence-electron chi connectivity index (χ1n) is 8.78.